The van der Waals surface area contributed by atoms with E-state index < -0.39 is 23.1 Å². The van der Waals surface area contributed by atoms with Crippen LogP contribution in [-0.4, -0.2) is 26.6 Å². The zero-order chi connectivity index (χ0) is 20.5. The summed E-state index contributed by atoms with van der Waals surface area (Å²) in [5.74, 6) is -2.16. The Labute approximate surface area is 192 Å². The van der Waals surface area contributed by atoms with Crippen molar-refractivity contribution in [1.82, 2.24) is 9.55 Å². The van der Waals surface area contributed by atoms with E-state index >= 15 is 0 Å². The molecule has 4 heterocycles. The number of nitrogens with zero attached hydrogens (tertiary/aromatic N) is 2. The van der Waals surface area contributed by atoms with Crippen LogP contribution in [0.25, 0.3) is 22.3 Å². The van der Waals surface area contributed by atoms with Crippen LogP contribution in [0, 0.1) is 0 Å². The quantitative estimate of drug-likeness (QED) is 0.283. The van der Waals surface area contributed by atoms with Crippen LogP contribution in [0.5, 0.6) is 0 Å². The topological polar surface area (TPSA) is 122 Å². The number of aromatic carboxylic acids is 1. The standard InChI is InChI=1S/C21H16N2O6.Na/c1-2-21(28)13-7-15-17-11(8-23(15)18(24)12(13)9-29-20(21)27)16(19(25)26)10-5-3-4-6-14(10)22-17;/h3-7,28H,2,8-9H2,1H3,(H,25,26);/q;+1/p-1/t21-;/m0./s1. The van der Waals surface area contributed by atoms with E-state index in [1.165, 1.54) is 4.57 Å². The van der Waals surface area contributed by atoms with Crippen LogP contribution in [-0.2, 0) is 28.3 Å². The Morgan fingerprint density at radius 2 is 2.03 bits per heavy atom. The number of carbonyl (C=O) groups is 2. The molecule has 0 saturated heterocycles. The van der Waals surface area contributed by atoms with E-state index in [-0.39, 0.29) is 65.8 Å². The third kappa shape index (κ3) is 2.61. The minimum Gasteiger partial charge on any atom is -0.545 e. The Balaban J connectivity index is 0.00000218. The van der Waals surface area contributed by atoms with Gasteiger partial charge in [0.05, 0.1) is 35.0 Å². The number of aliphatic hydroxyl groups is 1. The Morgan fingerprint density at radius 3 is 2.73 bits per heavy atom. The van der Waals surface area contributed by atoms with E-state index in [0.29, 0.717) is 27.9 Å². The van der Waals surface area contributed by atoms with Crippen LogP contribution in [0.3, 0.4) is 0 Å². The molecule has 5 rings (SSSR count). The predicted molar refractivity (Wildman–Crippen MR) is 98.9 cm³/mol. The molecule has 3 aromatic rings. The van der Waals surface area contributed by atoms with Crippen molar-refractivity contribution in [1.29, 1.82) is 0 Å². The third-order valence-corrected chi connectivity index (χ3v) is 5.80. The SMILES string of the molecule is CC[C@@]1(O)C(=O)OCc2c1cc1n(c2=O)Cc2c-1nc1ccccc1c2C(=O)[O-].[Na+]. The molecule has 1 aromatic carbocycles. The van der Waals surface area contributed by atoms with E-state index in [1.54, 1.807) is 37.3 Å². The molecule has 1 atom stereocenters. The molecule has 0 unspecified atom stereocenters. The average molecular weight is 414 g/mol. The van der Waals surface area contributed by atoms with E-state index in [4.69, 9.17) is 4.74 Å². The largest absolute Gasteiger partial charge is 1.00 e. The summed E-state index contributed by atoms with van der Waals surface area (Å²) in [6, 6.07) is 8.32. The molecule has 9 heteroatoms. The van der Waals surface area contributed by atoms with Gasteiger partial charge in [-0.25, -0.2) is 9.78 Å². The fraction of sp³-hybridized carbons (Fsp3) is 0.238. The van der Waals surface area contributed by atoms with Crippen molar-refractivity contribution in [2.75, 3.05) is 0 Å². The molecular formula is C21H15N2NaO6. The Hall–Kier alpha value is -2.52. The number of benzene rings is 1. The zero-order valence-corrected chi connectivity index (χ0v) is 18.4. The normalized spacial score (nSPS) is 18.8. The number of fused-ring (bicyclic) bond motifs is 5. The molecular weight excluding hydrogens is 399 g/mol. The van der Waals surface area contributed by atoms with E-state index in [2.05, 4.69) is 4.98 Å². The summed E-state index contributed by atoms with van der Waals surface area (Å²) in [4.78, 5) is 41.8. The number of ether oxygens (including phenoxy) is 1. The van der Waals surface area contributed by atoms with Crippen molar-refractivity contribution in [3.05, 3.63) is 62.9 Å². The molecule has 0 spiro atoms. The van der Waals surface area contributed by atoms with Gasteiger partial charge in [-0.2, -0.15) is 0 Å². The van der Waals surface area contributed by atoms with Gasteiger partial charge >= 0.3 is 35.5 Å². The maximum atomic E-state index is 13.1. The fourth-order valence-corrected chi connectivity index (χ4v) is 4.26. The molecule has 30 heavy (non-hydrogen) atoms. The van der Waals surface area contributed by atoms with Crippen LogP contribution in [0.15, 0.2) is 35.1 Å². The van der Waals surface area contributed by atoms with Crippen molar-refractivity contribution >= 4 is 22.8 Å². The number of carboxylic acids is 1. The number of hydrogen-bond donors (Lipinski definition) is 1. The second-order valence-electron chi connectivity index (χ2n) is 7.22. The van der Waals surface area contributed by atoms with Crippen LogP contribution in [0.4, 0.5) is 0 Å². The first-order valence-corrected chi connectivity index (χ1v) is 9.17. The van der Waals surface area contributed by atoms with Gasteiger partial charge in [-0.1, -0.05) is 25.1 Å². The van der Waals surface area contributed by atoms with Gasteiger partial charge in [0.15, 0.2) is 5.60 Å². The first kappa shape index (κ1) is 20.7. The van der Waals surface area contributed by atoms with Gasteiger partial charge in [-0.05, 0) is 18.6 Å². The number of esters is 1. The number of para-hydroxylation sites is 1. The average Bonchev–Trinajstić information content (AvgIpc) is 3.07. The number of pyridine rings is 2. The molecule has 2 aliphatic rings. The number of hydrogen-bond acceptors (Lipinski definition) is 7. The van der Waals surface area contributed by atoms with Gasteiger partial charge < -0.3 is 24.3 Å². The molecule has 2 aliphatic heterocycles. The van der Waals surface area contributed by atoms with Gasteiger partial charge in [-0.3, -0.25) is 4.79 Å². The fourth-order valence-electron chi connectivity index (χ4n) is 4.26. The zero-order valence-electron chi connectivity index (χ0n) is 16.4. The molecule has 0 fully saturated rings. The number of carboxylic acid groups (broad SMARTS) is 1. The monoisotopic (exact) mass is 414 g/mol. The van der Waals surface area contributed by atoms with Crippen molar-refractivity contribution in [2.24, 2.45) is 0 Å². The molecule has 2 aromatic heterocycles. The van der Waals surface area contributed by atoms with Crippen LogP contribution < -0.4 is 40.2 Å². The third-order valence-electron chi connectivity index (χ3n) is 5.80. The molecule has 0 radical (unpaired) electrons. The van der Waals surface area contributed by atoms with Gasteiger partial charge in [0, 0.05) is 22.1 Å². The van der Waals surface area contributed by atoms with E-state index in [9.17, 15) is 24.6 Å². The number of carbonyl (C=O) groups excluding carboxylic acids is 2. The molecule has 1 N–H and O–H groups in total. The number of cyclic esters (lactones) is 1. The van der Waals surface area contributed by atoms with E-state index in [0.717, 1.165) is 0 Å². The van der Waals surface area contributed by atoms with Crippen LogP contribution in [0.2, 0.25) is 0 Å². The van der Waals surface area contributed by atoms with Crippen molar-refractivity contribution in [3.63, 3.8) is 0 Å². The molecule has 0 saturated carbocycles. The summed E-state index contributed by atoms with van der Waals surface area (Å²) >= 11 is 0. The molecule has 0 amide bonds. The van der Waals surface area contributed by atoms with E-state index in [1.807, 2.05) is 0 Å². The molecule has 0 aliphatic carbocycles. The van der Waals surface area contributed by atoms with Gasteiger partial charge in [0.1, 0.15) is 6.61 Å². The number of aromatic nitrogens is 2. The minimum absolute atomic E-state index is 0. The number of rotatable bonds is 2. The molecule has 0 bridgehead atoms. The van der Waals surface area contributed by atoms with Crippen molar-refractivity contribution in [3.8, 4) is 11.4 Å². The first-order valence-electron chi connectivity index (χ1n) is 9.17. The molecule has 146 valence electrons. The summed E-state index contributed by atoms with van der Waals surface area (Å²) in [6.07, 6.45) is 0.0318. The maximum Gasteiger partial charge on any atom is 1.00 e. The van der Waals surface area contributed by atoms with Crippen molar-refractivity contribution < 1.29 is 54.1 Å². The van der Waals surface area contributed by atoms with Crippen LogP contribution >= 0.6 is 0 Å². The Kier molecular flexibility index (Phi) is 4.85. The van der Waals surface area contributed by atoms with Gasteiger partial charge in [-0.15, -0.1) is 0 Å². The molecule has 8 nitrogen and oxygen atoms in total. The smallest absolute Gasteiger partial charge is 0.545 e. The summed E-state index contributed by atoms with van der Waals surface area (Å²) in [5.41, 5.74) is -0.495. The van der Waals surface area contributed by atoms with Crippen molar-refractivity contribution in [2.45, 2.75) is 32.1 Å². The first-order chi connectivity index (χ1) is 13.9. The Bertz CT molecular complexity index is 1320. The van der Waals surface area contributed by atoms with Gasteiger partial charge in [0.25, 0.3) is 5.56 Å². The maximum absolute atomic E-state index is 13.1. The second kappa shape index (κ2) is 7.02. The van der Waals surface area contributed by atoms with Gasteiger partial charge in [0.2, 0.25) is 0 Å². The predicted octanol–water partition coefficient (Wildman–Crippen LogP) is -2.55. The Morgan fingerprint density at radius 1 is 1.30 bits per heavy atom. The minimum atomic E-state index is -1.93. The second-order valence-corrected chi connectivity index (χ2v) is 7.22. The summed E-state index contributed by atoms with van der Waals surface area (Å²) in [7, 11) is 0. The summed E-state index contributed by atoms with van der Waals surface area (Å²) in [6.45, 7) is 1.39. The van der Waals surface area contributed by atoms with Crippen LogP contribution in [0.1, 0.15) is 40.4 Å². The summed E-state index contributed by atoms with van der Waals surface area (Å²) < 4.78 is 6.43. The summed E-state index contributed by atoms with van der Waals surface area (Å²) in [5, 5.41) is 23.2.